The number of imide groups is 1. The van der Waals surface area contributed by atoms with Crippen LogP contribution in [-0.2, 0) is 24.0 Å². The van der Waals surface area contributed by atoms with Gasteiger partial charge in [-0.05, 0) is 18.1 Å². The quantitative estimate of drug-likeness (QED) is 0.250. The maximum atomic E-state index is 13.3. The van der Waals surface area contributed by atoms with Crippen LogP contribution in [0, 0.1) is 0 Å². The lowest BCUT2D eigenvalue weighted by atomic mass is 10.0. The highest BCUT2D eigenvalue weighted by Crippen LogP contribution is 2.40. The maximum Gasteiger partial charge on any atom is 0.352 e. The summed E-state index contributed by atoms with van der Waals surface area (Å²) in [5.74, 6) is -4.43. The highest BCUT2D eigenvalue weighted by Gasteiger charge is 2.54. The molecule has 6 amide bonds. The molecule has 0 radical (unpaired) electrons. The van der Waals surface area contributed by atoms with Gasteiger partial charge in [0, 0.05) is 25.4 Å². The normalized spacial score (nSPS) is 22.3. The van der Waals surface area contributed by atoms with Crippen LogP contribution in [0.2, 0.25) is 0 Å². The number of hydrogen-bond donors (Lipinski definition) is 4. The van der Waals surface area contributed by atoms with Crippen molar-refractivity contribution in [1.29, 1.82) is 0 Å². The second-order valence-corrected chi connectivity index (χ2v) is 9.55. The third kappa shape index (κ3) is 4.76. The van der Waals surface area contributed by atoms with Crippen molar-refractivity contribution < 1.29 is 39.0 Å². The summed E-state index contributed by atoms with van der Waals surface area (Å²) in [6.07, 6.45) is 0. The molecule has 4 rings (SSSR count). The zero-order chi connectivity index (χ0) is 26.9. The molecule has 0 aromatic heterocycles. The number of aliphatic hydroxyl groups excluding tert-OH is 1. The molecule has 0 bridgehead atoms. The van der Waals surface area contributed by atoms with E-state index in [-0.39, 0.29) is 30.1 Å². The number of aliphatic carboxylic acids is 1. The van der Waals surface area contributed by atoms with Crippen molar-refractivity contribution >= 4 is 47.4 Å². The smallest absolute Gasteiger partial charge is 0.352 e. The van der Waals surface area contributed by atoms with E-state index < -0.39 is 59.7 Å². The van der Waals surface area contributed by atoms with Crippen molar-refractivity contribution in [2.24, 2.45) is 0 Å². The predicted octanol–water partition coefficient (Wildman–Crippen LogP) is -1.14. The van der Waals surface area contributed by atoms with Gasteiger partial charge in [-0.15, -0.1) is 11.8 Å². The molecular formula is C23H25N5O8S. The van der Waals surface area contributed by atoms with Crippen molar-refractivity contribution in [2.75, 3.05) is 32.0 Å². The Hall–Kier alpha value is -3.91. The van der Waals surface area contributed by atoms with Crippen LogP contribution in [0.15, 0.2) is 41.6 Å². The largest absolute Gasteiger partial charge is 0.477 e. The van der Waals surface area contributed by atoms with Gasteiger partial charge in [-0.2, -0.15) is 0 Å². The first-order chi connectivity index (χ1) is 17.7. The van der Waals surface area contributed by atoms with E-state index in [0.29, 0.717) is 12.1 Å². The Labute approximate surface area is 215 Å². The second kappa shape index (κ2) is 10.6. The second-order valence-electron chi connectivity index (χ2n) is 8.45. The zero-order valence-corrected chi connectivity index (χ0v) is 20.6. The van der Waals surface area contributed by atoms with Crippen LogP contribution in [0.1, 0.15) is 18.5 Å². The summed E-state index contributed by atoms with van der Waals surface area (Å²) in [6.45, 7) is 1.64. The molecule has 13 nitrogen and oxygen atoms in total. The van der Waals surface area contributed by atoms with Crippen LogP contribution in [0.5, 0.6) is 0 Å². The molecule has 3 aliphatic rings. The van der Waals surface area contributed by atoms with E-state index in [4.69, 9.17) is 0 Å². The summed E-state index contributed by atoms with van der Waals surface area (Å²) in [5, 5.41) is 23.3. The van der Waals surface area contributed by atoms with Crippen molar-refractivity contribution in [1.82, 2.24) is 25.3 Å². The SMILES string of the molecule is CCN1CCN(C(=O)NC(C(=O)N[C@@H]2C(=O)N3C(C(=O)O)=C(CO)CS[C@@H]23)c2ccccc2)C(=O)C1=O. The predicted molar refractivity (Wildman–Crippen MR) is 128 cm³/mol. The lowest BCUT2D eigenvalue weighted by molar-refractivity contribution is -0.153. The van der Waals surface area contributed by atoms with E-state index in [1.54, 1.807) is 37.3 Å². The van der Waals surface area contributed by atoms with Crippen LogP contribution >= 0.6 is 11.8 Å². The van der Waals surface area contributed by atoms with Gasteiger partial charge in [-0.1, -0.05) is 30.3 Å². The van der Waals surface area contributed by atoms with Crippen LogP contribution < -0.4 is 10.6 Å². The van der Waals surface area contributed by atoms with E-state index in [9.17, 15) is 39.0 Å². The average Bonchev–Trinajstić information content (AvgIpc) is 2.90. The summed E-state index contributed by atoms with van der Waals surface area (Å²) in [6, 6.07) is 4.84. The average molecular weight is 532 g/mol. The molecular weight excluding hydrogens is 506 g/mol. The molecule has 1 aromatic rings. The van der Waals surface area contributed by atoms with Gasteiger partial charge < -0.3 is 25.7 Å². The lowest BCUT2D eigenvalue weighted by Crippen LogP contribution is -2.71. The number of aliphatic hydroxyl groups is 1. The fourth-order valence-electron chi connectivity index (χ4n) is 4.36. The fourth-order valence-corrected chi connectivity index (χ4v) is 5.69. The molecule has 37 heavy (non-hydrogen) atoms. The Morgan fingerprint density at radius 2 is 1.81 bits per heavy atom. The van der Waals surface area contributed by atoms with E-state index in [1.807, 2.05) is 0 Å². The first-order valence-electron chi connectivity index (χ1n) is 11.5. The molecule has 4 N–H and O–H groups in total. The number of urea groups is 1. The Bertz CT molecular complexity index is 1190. The number of thioether (sulfide) groups is 1. The van der Waals surface area contributed by atoms with Gasteiger partial charge in [-0.3, -0.25) is 29.0 Å². The number of piperazine rings is 1. The number of likely N-dealkylation sites (N-methyl/N-ethyl adjacent to an activating group) is 1. The van der Waals surface area contributed by atoms with Gasteiger partial charge >= 0.3 is 23.8 Å². The minimum absolute atomic E-state index is 0.0420. The minimum Gasteiger partial charge on any atom is -0.477 e. The number of carboxylic acid groups (broad SMARTS) is 1. The summed E-state index contributed by atoms with van der Waals surface area (Å²) >= 11 is 1.19. The van der Waals surface area contributed by atoms with Gasteiger partial charge in [0.1, 0.15) is 23.2 Å². The summed E-state index contributed by atoms with van der Waals surface area (Å²) < 4.78 is 0. The molecule has 196 valence electrons. The number of fused-ring (bicyclic) bond motifs is 1. The highest BCUT2D eigenvalue weighted by molar-refractivity contribution is 8.00. The fraction of sp³-hybridized carbons (Fsp3) is 0.391. The Morgan fingerprint density at radius 1 is 1.11 bits per heavy atom. The molecule has 3 aliphatic heterocycles. The van der Waals surface area contributed by atoms with Crippen LogP contribution in [0.3, 0.4) is 0 Å². The Kier molecular flexibility index (Phi) is 7.50. The summed E-state index contributed by atoms with van der Waals surface area (Å²) in [5.41, 5.74) is 0.265. The topological polar surface area (TPSA) is 177 Å². The highest BCUT2D eigenvalue weighted by atomic mass is 32.2. The van der Waals surface area contributed by atoms with Gasteiger partial charge in [0.2, 0.25) is 5.91 Å². The molecule has 3 atom stereocenters. The third-order valence-corrected chi connectivity index (χ3v) is 7.68. The first-order valence-corrected chi connectivity index (χ1v) is 12.5. The number of nitrogens with zero attached hydrogens (tertiary/aromatic N) is 3. The molecule has 0 spiro atoms. The van der Waals surface area contributed by atoms with Crippen LogP contribution in [0.4, 0.5) is 4.79 Å². The maximum absolute atomic E-state index is 13.3. The number of carbonyl (C=O) groups excluding carboxylic acids is 5. The number of amides is 6. The number of nitrogens with one attached hydrogen (secondary N) is 2. The van der Waals surface area contributed by atoms with Crippen molar-refractivity contribution in [3.8, 4) is 0 Å². The Balaban J connectivity index is 1.51. The number of hydrogen-bond acceptors (Lipinski definition) is 8. The summed E-state index contributed by atoms with van der Waals surface area (Å²) in [7, 11) is 0. The number of β-lactam (4-membered cyclic amide) rings is 1. The molecule has 3 heterocycles. The molecule has 0 saturated carbocycles. The number of carbonyl (C=O) groups is 6. The molecule has 2 saturated heterocycles. The number of carboxylic acids is 1. The molecule has 14 heteroatoms. The van der Waals surface area contributed by atoms with Crippen LogP contribution in [0.25, 0.3) is 0 Å². The molecule has 1 aromatic carbocycles. The van der Waals surface area contributed by atoms with Crippen molar-refractivity contribution in [3.63, 3.8) is 0 Å². The van der Waals surface area contributed by atoms with E-state index in [1.165, 1.54) is 16.7 Å². The third-order valence-electron chi connectivity index (χ3n) is 6.34. The molecule has 0 aliphatic carbocycles. The minimum atomic E-state index is -1.36. The number of rotatable bonds is 7. The lowest BCUT2D eigenvalue weighted by Gasteiger charge is -2.49. The summed E-state index contributed by atoms with van der Waals surface area (Å²) in [4.78, 5) is 78.5. The Morgan fingerprint density at radius 3 is 2.43 bits per heavy atom. The van der Waals surface area contributed by atoms with Gasteiger partial charge in [0.25, 0.3) is 5.91 Å². The molecule has 1 unspecified atom stereocenters. The molecule has 2 fully saturated rings. The van der Waals surface area contributed by atoms with E-state index in [2.05, 4.69) is 10.6 Å². The standard InChI is InChI=1S/C23H25N5O8S/c1-2-26-8-9-27(20(33)19(26)32)23(36)25-14(12-6-4-3-5-7-12)17(30)24-15-18(31)28-16(22(34)35)13(10-29)11-37-21(15)28/h3-7,14-15,21,29H,2,8-11H2,1H3,(H,24,30)(H,25,36)(H,34,35)/t14?,15-,21+/m1/s1. The van der Waals surface area contributed by atoms with Gasteiger partial charge in [0.05, 0.1) is 6.61 Å². The zero-order valence-electron chi connectivity index (χ0n) is 19.7. The van der Waals surface area contributed by atoms with Crippen LogP contribution in [-0.4, -0.2) is 104 Å². The van der Waals surface area contributed by atoms with Gasteiger partial charge in [0.15, 0.2) is 0 Å². The van der Waals surface area contributed by atoms with Gasteiger partial charge in [-0.25, -0.2) is 9.59 Å². The van der Waals surface area contributed by atoms with Crippen molar-refractivity contribution in [3.05, 3.63) is 47.2 Å². The number of benzene rings is 1. The first kappa shape index (κ1) is 26.2. The monoisotopic (exact) mass is 531 g/mol. The van der Waals surface area contributed by atoms with E-state index >= 15 is 0 Å². The van der Waals surface area contributed by atoms with E-state index in [0.717, 1.165) is 9.80 Å². The van der Waals surface area contributed by atoms with Crippen molar-refractivity contribution in [2.45, 2.75) is 24.4 Å².